The fourth-order valence-corrected chi connectivity index (χ4v) is 2.18. The lowest BCUT2D eigenvalue weighted by Gasteiger charge is -2.15. The molecule has 1 fully saturated rings. The van der Waals surface area contributed by atoms with Crippen LogP contribution in [0.3, 0.4) is 0 Å². The van der Waals surface area contributed by atoms with Crippen LogP contribution in [0.4, 0.5) is 0 Å². The van der Waals surface area contributed by atoms with Gasteiger partial charge in [-0.2, -0.15) is 0 Å². The standard InChI is InChI=1S/C14H17NO3/c1-10-6-14(17)15(8-10)9-13(16)11-4-3-5-12(7-11)18-2/h3-5,7,10H,6,8-9H2,1-2H3. The number of methoxy groups -OCH3 is 1. The molecule has 0 aromatic heterocycles. The van der Waals surface area contributed by atoms with Crippen molar-refractivity contribution < 1.29 is 14.3 Å². The zero-order chi connectivity index (χ0) is 13.1. The molecule has 1 aromatic carbocycles. The molecule has 1 aliphatic heterocycles. The van der Waals surface area contributed by atoms with E-state index in [9.17, 15) is 9.59 Å². The van der Waals surface area contributed by atoms with Crippen molar-refractivity contribution in [3.8, 4) is 5.75 Å². The summed E-state index contributed by atoms with van der Waals surface area (Å²) in [6.45, 7) is 2.86. The van der Waals surface area contributed by atoms with E-state index in [0.717, 1.165) is 0 Å². The Hall–Kier alpha value is -1.84. The molecule has 0 spiro atoms. The summed E-state index contributed by atoms with van der Waals surface area (Å²) in [7, 11) is 1.56. The number of hydrogen-bond donors (Lipinski definition) is 0. The predicted octanol–water partition coefficient (Wildman–Crippen LogP) is 1.75. The molecular formula is C14H17NO3. The average molecular weight is 247 g/mol. The summed E-state index contributed by atoms with van der Waals surface area (Å²) in [6.07, 6.45) is 0.547. The number of Topliss-reactive ketones (excluding diaryl/α,β-unsaturated/α-hetero) is 1. The number of rotatable bonds is 4. The number of ketones is 1. The SMILES string of the molecule is COc1cccc(C(=O)CN2CC(C)CC2=O)c1. The highest BCUT2D eigenvalue weighted by Crippen LogP contribution is 2.18. The number of ether oxygens (including phenoxy) is 1. The Labute approximate surface area is 107 Å². The quantitative estimate of drug-likeness (QED) is 0.761. The summed E-state index contributed by atoms with van der Waals surface area (Å²) in [6, 6.07) is 7.02. The van der Waals surface area contributed by atoms with Gasteiger partial charge in [0.25, 0.3) is 0 Å². The maximum absolute atomic E-state index is 12.1. The summed E-state index contributed by atoms with van der Waals surface area (Å²) in [4.78, 5) is 25.3. The average Bonchev–Trinajstić information content (AvgIpc) is 2.68. The van der Waals surface area contributed by atoms with Crippen LogP contribution in [0, 0.1) is 5.92 Å². The number of carbonyl (C=O) groups is 2. The first-order valence-corrected chi connectivity index (χ1v) is 6.05. The second kappa shape index (κ2) is 5.21. The number of hydrogen-bond acceptors (Lipinski definition) is 3. The zero-order valence-corrected chi connectivity index (χ0v) is 10.7. The molecule has 0 N–H and O–H groups in total. The molecule has 1 aromatic rings. The van der Waals surface area contributed by atoms with Crippen LogP contribution in [-0.2, 0) is 4.79 Å². The fraction of sp³-hybridized carbons (Fsp3) is 0.429. The second-order valence-corrected chi connectivity index (χ2v) is 4.74. The molecule has 0 bridgehead atoms. The first-order chi connectivity index (χ1) is 8.60. The number of carbonyl (C=O) groups excluding carboxylic acids is 2. The summed E-state index contributed by atoms with van der Waals surface area (Å²) in [5, 5.41) is 0. The van der Waals surface area contributed by atoms with E-state index in [1.165, 1.54) is 0 Å². The molecule has 1 saturated heterocycles. The molecule has 1 atom stereocenters. The van der Waals surface area contributed by atoms with Gasteiger partial charge in [-0.15, -0.1) is 0 Å². The summed E-state index contributed by atoms with van der Waals surface area (Å²) in [5.41, 5.74) is 0.585. The predicted molar refractivity (Wildman–Crippen MR) is 67.7 cm³/mol. The molecule has 1 heterocycles. The van der Waals surface area contributed by atoms with Crippen molar-refractivity contribution in [2.75, 3.05) is 20.2 Å². The van der Waals surface area contributed by atoms with Crippen molar-refractivity contribution in [2.24, 2.45) is 5.92 Å². The number of nitrogens with zero attached hydrogens (tertiary/aromatic N) is 1. The van der Waals surface area contributed by atoms with Gasteiger partial charge in [0.2, 0.25) is 5.91 Å². The molecular weight excluding hydrogens is 230 g/mol. The van der Waals surface area contributed by atoms with Gasteiger partial charge in [-0.1, -0.05) is 19.1 Å². The Kier molecular flexibility index (Phi) is 3.65. The van der Waals surface area contributed by atoms with Gasteiger partial charge in [-0.25, -0.2) is 0 Å². The van der Waals surface area contributed by atoms with Crippen molar-refractivity contribution in [1.29, 1.82) is 0 Å². The van der Waals surface area contributed by atoms with Crippen LogP contribution in [0.25, 0.3) is 0 Å². The molecule has 18 heavy (non-hydrogen) atoms. The van der Waals surface area contributed by atoms with Crippen LogP contribution < -0.4 is 4.74 Å². The van der Waals surface area contributed by atoms with Crippen LogP contribution in [0.5, 0.6) is 5.75 Å². The van der Waals surface area contributed by atoms with Gasteiger partial charge in [0.05, 0.1) is 13.7 Å². The molecule has 1 unspecified atom stereocenters. The van der Waals surface area contributed by atoms with Gasteiger partial charge >= 0.3 is 0 Å². The van der Waals surface area contributed by atoms with Crippen LogP contribution in [0.2, 0.25) is 0 Å². The van der Waals surface area contributed by atoms with Crippen molar-refractivity contribution in [3.05, 3.63) is 29.8 Å². The normalized spacial score (nSPS) is 19.1. The van der Waals surface area contributed by atoms with E-state index in [1.54, 1.807) is 36.3 Å². The maximum atomic E-state index is 12.1. The molecule has 0 aliphatic carbocycles. The van der Waals surface area contributed by atoms with E-state index in [0.29, 0.717) is 30.2 Å². The topological polar surface area (TPSA) is 46.6 Å². The van der Waals surface area contributed by atoms with Crippen molar-refractivity contribution in [1.82, 2.24) is 4.90 Å². The first kappa shape index (κ1) is 12.6. The van der Waals surface area contributed by atoms with E-state index in [-0.39, 0.29) is 18.2 Å². The summed E-state index contributed by atoms with van der Waals surface area (Å²) < 4.78 is 5.08. The molecule has 96 valence electrons. The van der Waals surface area contributed by atoms with Crippen molar-refractivity contribution in [3.63, 3.8) is 0 Å². The zero-order valence-electron chi connectivity index (χ0n) is 10.7. The Morgan fingerprint density at radius 2 is 2.28 bits per heavy atom. The van der Waals surface area contributed by atoms with E-state index in [1.807, 2.05) is 6.92 Å². The van der Waals surface area contributed by atoms with E-state index in [4.69, 9.17) is 4.74 Å². The molecule has 1 aliphatic rings. The third-order valence-corrected chi connectivity index (χ3v) is 3.13. The third kappa shape index (κ3) is 2.70. The van der Waals surface area contributed by atoms with Gasteiger partial charge in [0.15, 0.2) is 5.78 Å². The van der Waals surface area contributed by atoms with E-state index >= 15 is 0 Å². The monoisotopic (exact) mass is 247 g/mol. The van der Waals surface area contributed by atoms with Gasteiger partial charge < -0.3 is 9.64 Å². The second-order valence-electron chi connectivity index (χ2n) is 4.74. The van der Waals surface area contributed by atoms with Crippen molar-refractivity contribution >= 4 is 11.7 Å². The molecule has 0 saturated carbocycles. The van der Waals surface area contributed by atoms with E-state index < -0.39 is 0 Å². The minimum absolute atomic E-state index is 0.0450. The lowest BCUT2D eigenvalue weighted by molar-refractivity contribution is -0.127. The number of likely N-dealkylation sites (tertiary alicyclic amines) is 1. The smallest absolute Gasteiger partial charge is 0.223 e. The lowest BCUT2D eigenvalue weighted by atomic mass is 10.1. The minimum atomic E-state index is -0.0450. The minimum Gasteiger partial charge on any atom is -0.497 e. The van der Waals surface area contributed by atoms with Gasteiger partial charge in [-0.3, -0.25) is 9.59 Å². The van der Waals surface area contributed by atoms with Crippen LogP contribution >= 0.6 is 0 Å². The van der Waals surface area contributed by atoms with Gasteiger partial charge in [0, 0.05) is 18.5 Å². The lowest BCUT2D eigenvalue weighted by Crippen LogP contribution is -2.31. The number of amides is 1. The number of benzene rings is 1. The fourth-order valence-electron chi connectivity index (χ4n) is 2.18. The Morgan fingerprint density at radius 3 is 2.89 bits per heavy atom. The highest BCUT2D eigenvalue weighted by atomic mass is 16.5. The third-order valence-electron chi connectivity index (χ3n) is 3.13. The van der Waals surface area contributed by atoms with Crippen LogP contribution in [-0.4, -0.2) is 36.8 Å². The molecule has 4 nitrogen and oxygen atoms in total. The summed E-state index contributed by atoms with van der Waals surface area (Å²) >= 11 is 0. The summed E-state index contributed by atoms with van der Waals surface area (Å²) in [5.74, 6) is 1.02. The van der Waals surface area contributed by atoms with E-state index in [2.05, 4.69) is 0 Å². The highest BCUT2D eigenvalue weighted by Gasteiger charge is 2.28. The Morgan fingerprint density at radius 1 is 1.50 bits per heavy atom. The molecule has 2 rings (SSSR count). The maximum Gasteiger partial charge on any atom is 0.223 e. The van der Waals surface area contributed by atoms with Gasteiger partial charge in [-0.05, 0) is 18.1 Å². The Bertz CT molecular complexity index is 470. The molecule has 4 heteroatoms. The van der Waals surface area contributed by atoms with Crippen molar-refractivity contribution in [2.45, 2.75) is 13.3 Å². The van der Waals surface area contributed by atoms with Crippen LogP contribution in [0.15, 0.2) is 24.3 Å². The first-order valence-electron chi connectivity index (χ1n) is 6.05. The molecule has 1 amide bonds. The Balaban J connectivity index is 2.05. The van der Waals surface area contributed by atoms with Crippen LogP contribution in [0.1, 0.15) is 23.7 Å². The highest BCUT2D eigenvalue weighted by molar-refractivity contribution is 5.99. The molecule has 0 radical (unpaired) electrons. The van der Waals surface area contributed by atoms with Gasteiger partial charge in [0.1, 0.15) is 5.75 Å². The largest absolute Gasteiger partial charge is 0.497 e.